The first-order valence-electron chi connectivity index (χ1n) is 7.86. The molecule has 4 unspecified atom stereocenters. The fourth-order valence-electron chi connectivity index (χ4n) is 3.00. The highest BCUT2D eigenvalue weighted by molar-refractivity contribution is 5.69. The van der Waals surface area contributed by atoms with Gasteiger partial charge < -0.3 is 14.7 Å². The first kappa shape index (κ1) is 17.3. The Labute approximate surface area is 123 Å². The number of amides is 1. The molecule has 1 heterocycles. The monoisotopic (exact) mass is 285 g/mol. The molecule has 1 saturated heterocycles. The third-order valence-electron chi connectivity index (χ3n) is 4.19. The molecular weight excluding hydrogens is 254 g/mol. The molecule has 1 aliphatic heterocycles. The molecule has 0 radical (unpaired) electrons. The highest BCUT2D eigenvalue weighted by atomic mass is 16.6. The van der Waals surface area contributed by atoms with Crippen LogP contribution in [0.5, 0.6) is 0 Å². The van der Waals surface area contributed by atoms with E-state index in [9.17, 15) is 9.90 Å². The van der Waals surface area contributed by atoms with Gasteiger partial charge in [0.15, 0.2) is 0 Å². The van der Waals surface area contributed by atoms with E-state index in [-0.39, 0.29) is 30.2 Å². The largest absolute Gasteiger partial charge is 0.444 e. The lowest BCUT2D eigenvalue weighted by molar-refractivity contribution is -0.0280. The molecule has 0 aromatic carbocycles. The summed E-state index contributed by atoms with van der Waals surface area (Å²) in [6.45, 7) is 11.7. The minimum atomic E-state index is -0.481. The van der Waals surface area contributed by atoms with Gasteiger partial charge in [0.25, 0.3) is 0 Å². The molecule has 1 rings (SSSR count). The van der Waals surface area contributed by atoms with Crippen LogP contribution in [0.25, 0.3) is 0 Å². The van der Waals surface area contributed by atoms with Crippen molar-refractivity contribution in [1.82, 2.24) is 4.90 Å². The minimum Gasteiger partial charge on any atom is -0.444 e. The van der Waals surface area contributed by atoms with E-state index in [2.05, 4.69) is 6.92 Å². The van der Waals surface area contributed by atoms with Crippen molar-refractivity contribution < 1.29 is 14.6 Å². The van der Waals surface area contributed by atoms with E-state index in [0.29, 0.717) is 6.42 Å². The number of likely N-dealkylation sites (tertiary alicyclic amines) is 1. The van der Waals surface area contributed by atoms with Crippen molar-refractivity contribution in [3.05, 3.63) is 0 Å². The highest BCUT2D eigenvalue weighted by Gasteiger charge is 2.38. The van der Waals surface area contributed by atoms with Gasteiger partial charge in [-0.1, -0.05) is 13.8 Å². The molecule has 118 valence electrons. The summed E-state index contributed by atoms with van der Waals surface area (Å²) in [5, 5.41) is 10.1. The van der Waals surface area contributed by atoms with Crippen molar-refractivity contribution in [3.8, 4) is 0 Å². The fraction of sp³-hybridized carbons (Fsp3) is 0.938. The van der Waals surface area contributed by atoms with Crippen LogP contribution in [0.2, 0.25) is 0 Å². The Kier molecular flexibility index (Phi) is 5.87. The molecule has 4 nitrogen and oxygen atoms in total. The molecule has 20 heavy (non-hydrogen) atoms. The van der Waals surface area contributed by atoms with Gasteiger partial charge in [-0.2, -0.15) is 0 Å². The summed E-state index contributed by atoms with van der Waals surface area (Å²) in [7, 11) is 0. The number of nitrogens with zero attached hydrogens (tertiary/aromatic N) is 1. The van der Waals surface area contributed by atoms with Crippen molar-refractivity contribution in [2.24, 2.45) is 5.92 Å². The molecule has 0 spiro atoms. The summed E-state index contributed by atoms with van der Waals surface area (Å²) in [5.74, 6) is 0.0790. The normalized spacial score (nSPS) is 27.1. The number of piperidine rings is 1. The maximum Gasteiger partial charge on any atom is 0.410 e. The van der Waals surface area contributed by atoms with Crippen molar-refractivity contribution in [2.75, 3.05) is 0 Å². The predicted molar refractivity (Wildman–Crippen MR) is 80.6 cm³/mol. The standard InChI is InChI=1S/C16H31NO3/c1-7-14(18)12(3)13-10-8-9-11(2)17(13)15(19)20-16(4,5)6/h11-14,18H,7-10H2,1-6H3. The van der Waals surface area contributed by atoms with Crippen molar-refractivity contribution in [1.29, 1.82) is 0 Å². The first-order valence-corrected chi connectivity index (χ1v) is 7.86. The Morgan fingerprint density at radius 2 is 2.00 bits per heavy atom. The van der Waals surface area contributed by atoms with Crippen molar-refractivity contribution in [3.63, 3.8) is 0 Å². The number of hydrogen-bond acceptors (Lipinski definition) is 3. The van der Waals surface area contributed by atoms with Gasteiger partial charge in [0.05, 0.1) is 6.10 Å². The summed E-state index contributed by atoms with van der Waals surface area (Å²) >= 11 is 0. The van der Waals surface area contributed by atoms with Gasteiger partial charge >= 0.3 is 6.09 Å². The Bertz CT molecular complexity index is 324. The summed E-state index contributed by atoms with van der Waals surface area (Å²) in [5.41, 5.74) is -0.481. The van der Waals surface area contributed by atoms with Crippen LogP contribution in [-0.2, 0) is 4.74 Å². The van der Waals surface area contributed by atoms with Crippen molar-refractivity contribution in [2.45, 2.75) is 91.0 Å². The number of carbonyl (C=O) groups excluding carboxylic acids is 1. The van der Waals surface area contributed by atoms with Crippen LogP contribution in [0.4, 0.5) is 4.79 Å². The second-order valence-corrected chi connectivity index (χ2v) is 7.07. The molecule has 4 atom stereocenters. The SMILES string of the molecule is CCC(O)C(C)C1CCCC(C)N1C(=O)OC(C)(C)C. The van der Waals surface area contributed by atoms with Gasteiger partial charge in [-0.15, -0.1) is 0 Å². The molecule has 0 saturated carbocycles. The van der Waals surface area contributed by atoms with E-state index in [4.69, 9.17) is 4.74 Å². The van der Waals surface area contributed by atoms with E-state index < -0.39 is 5.60 Å². The lowest BCUT2D eigenvalue weighted by atomic mass is 9.85. The number of aliphatic hydroxyl groups is 1. The maximum absolute atomic E-state index is 12.5. The smallest absolute Gasteiger partial charge is 0.410 e. The molecule has 1 N–H and O–H groups in total. The van der Waals surface area contributed by atoms with Crippen LogP contribution in [0, 0.1) is 5.92 Å². The molecular formula is C16H31NO3. The molecule has 1 aliphatic rings. The second-order valence-electron chi connectivity index (χ2n) is 7.07. The molecule has 4 heteroatoms. The van der Waals surface area contributed by atoms with Crippen molar-refractivity contribution >= 4 is 6.09 Å². The number of aliphatic hydroxyl groups excluding tert-OH is 1. The third kappa shape index (κ3) is 4.37. The maximum atomic E-state index is 12.5. The number of rotatable bonds is 3. The molecule has 0 aromatic heterocycles. The summed E-state index contributed by atoms with van der Waals surface area (Å²) < 4.78 is 5.55. The fourth-order valence-corrected chi connectivity index (χ4v) is 3.00. The zero-order chi connectivity index (χ0) is 15.5. The molecule has 0 aliphatic carbocycles. The van der Waals surface area contributed by atoms with Gasteiger partial charge in [0.2, 0.25) is 0 Å². The number of hydrogen-bond donors (Lipinski definition) is 1. The number of carbonyl (C=O) groups is 1. The van der Waals surface area contributed by atoms with Gasteiger partial charge in [-0.25, -0.2) is 4.79 Å². The lowest BCUT2D eigenvalue weighted by Gasteiger charge is -2.44. The molecule has 0 bridgehead atoms. The van der Waals surface area contributed by atoms with E-state index >= 15 is 0 Å². The zero-order valence-corrected chi connectivity index (χ0v) is 13.8. The Balaban J connectivity index is 2.87. The van der Waals surface area contributed by atoms with Gasteiger partial charge in [-0.05, 0) is 53.4 Å². The molecule has 1 fully saturated rings. The van der Waals surface area contributed by atoms with Gasteiger partial charge in [0, 0.05) is 18.0 Å². The molecule has 0 aromatic rings. The quantitative estimate of drug-likeness (QED) is 0.862. The minimum absolute atomic E-state index is 0.0727. The molecule has 1 amide bonds. The van der Waals surface area contributed by atoms with E-state index in [0.717, 1.165) is 19.3 Å². The summed E-state index contributed by atoms with van der Waals surface area (Å²) in [4.78, 5) is 14.3. The average molecular weight is 285 g/mol. The summed E-state index contributed by atoms with van der Waals surface area (Å²) in [6, 6.07) is 0.249. The third-order valence-corrected chi connectivity index (χ3v) is 4.19. The van der Waals surface area contributed by atoms with Crippen LogP contribution < -0.4 is 0 Å². The Morgan fingerprint density at radius 1 is 1.40 bits per heavy atom. The van der Waals surface area contributed by atoms with Crippen LogP contribution in [-0.4, -0.2) is 39.9 Å². The zero-order valence-electron chi connectivity index (χ0n) is 13.8. The van der Waals surface area contributed by atoms with E-state index in [1.54, 1.807) is 0 Å². The van der Waals surface area contributed by atoms with Crippen LogP contribution >= 0.6 is 0 Å². The van der Waals surface area contributed by atoms with Crippen LogP contribution in [0.1, 0.15) is 67.2 Å². The summed E-state index contributed by atoms with van der Waals surface area (Å²) in [6.07, 6.45) is 3.16. The van der Waals surface area contributed by atoms with Crippen LogP contribution in [0.3, 0.4) is 0 Å². The number of ether oxygens (including phenoxy) is 1. The highest BCUT2D eigenvalue weighted by Crippen LogP contribution is 2.31. The Morgan fingerprint density at radius 3 is 2.50 bits per heavy atom. The topological polar surface area (TPSA) is 49.8 Å². The first-order chi connectivity index (χ1) is 9.17. The lowest BCUT2D eigenvalue weighted by Crippen LogP contribution is -2.54. The van der Waals surface area contributed by atoms with Crippen LogP contribution in [0.15, 0.2) is 0 Å². The van der Waals surface area contributed by atoms with Gasteiger partial charge in [0.1, 0.15) is 5.60 Å². The Hall–Kier alpha value is -0.770. The van der Waals surface area contributed by atoms with E-state index in [1.807, 2.05) is 39.5 Å². The second kappa shape index (κ2) is 6.79. The van der Waals surface area contributed by atoms with Gasteiger partial charge in [-0.3, -0.25) is 0 Å². The van der Waals surface area contributed by atoms with E-state index in [1.165, 1.54) is 0 Å². The predicted octanol–water partition coefficient (Wildman–Crippen LogP) is 3.57. The average Bonchev–Trinajstić information content (AvgIpc) is 2.34.